The Balaban J connectivity index is 1.97. The standard InChI is InChI=1S/C20H21BrN4O3S/c1-15(2)25-20(11-12-22-25)24(29(27,28)18-9-4-3-5-10-18)14-19(26)23-17-8-6-7-16(21)13-17/h3-13,15H,14H2,1-2H3,(H,23,26). The Bertz CT molecular complexity index is 1100. The van der Waals surface area contributed by atoms with Gasteiger partial charge in [0, 0.05) is 22.3 Å². The van der Waals surface area contributed by atoms with Gasteiger partial charge in [0.25, 0.3) is 10.0 Å². The molecule has 0 radical (unpaired) electrons. The van der Waals surface area contributed by atoms with Gasteiger partial charge in [0.1, 0.15) is 12.4 Å². The summed E-state index contributed by atoms with van der Waals surface area (Å²) in [7, 11) is -3.97. The lowest BCUT2D eigenvalue weighted by molar-refractivity contribution is -0.114. The molecule has 0 aliphatic rings. The molecule has 0 saturated heterocycles. The first-order chi connectivity index (χ1) is 13.8. The van der Waals surface area contributed by atoms with Crippen LogP contribution in [0, 0.1) is 0 Å². The van der Waals surface area contributed by atoms with E-state index < -0.39 is 15.9 Å². The van der Waals surface area contributed by atoms with Gasteiger partial charge in [-0.1, -0.05) is 40.2 Å². The predicted molar refractivity (Wildman–Crippen MR) is 116 cm³/mol. The van der Waals surface area contributed by atoms with Crippen molar-refractivity contribution in [3.8, 4) is 0 Å². The van der Waals surface area contributed by atoms with Crippen LogP contribution in [-0.2, 0) is 14.8 Å². The maximum absolute atomic E-state index is 13.3. The number of hydrogen-bond acceptors (Lipinski definition) is 4. The molecule has 0 saturated carbocycles. The smallest absolute Gasteiger partial charge is 0.265 e. The molecular formula is C20H21BrN4O3S. The van der Waals surface area contributed by atoms with Crippen LogP contribution < -0.4 is 9.62 Å². The van der Waals surface area contributed by atoms with Crippen molar-refractivity contribution in [2.45, 2.75) is 24.8 Å². The van der Waals surface area contributed by atoms with Gasteiger partial charge in [0.05, 0.1) is 11.1 Å². The second kappa shape index (κ2) is 8.79. The lowest BCUT2D eigenvalue weighted by Crippen LogP contribution is -2.39. The molecule has 0 spiro atoms. The van der Waals surface area contributed by atoms with Crippen LogP contribution in [0.5, 0.6) is 0 Å². The molecule has 9 heteroatoms. The highest BCUT2D eigenvalue weighted by Gasteiger charge is 2.30. The SMILES string of the molecule is CC(C)n1nccc1N(CC(=O)Nc1cccc(Br)c1)S(=O)(=O)c1ccccc1. The quantitative estimate of drug-likeness (QED) is 0.556. The van der Waals surface area contributed by atoms with Crippen LogP contribution >= 0.6 is 15.9 Å². The Morgan fingerprint density at radius 3 is 2.52 bits per heavy atom. The van der Waals surface area contributed by atoms with E-state index in [4.69, 9.17) is 0 Å². The molecule has 7 nitrogen and oxygen atoms in total. The van der Waals surface area contributed by atoms with E-state index in [1.165, 1.54) is 18.3 Å². The van der Waals surface area contributed by atoms with E-state index in [0.717, 1.165) is 8.78 Å². The zero-order valence-electron chi connectivity index (χ0n) is 16.0. The number of rotatable bonds is 7. The Morgan fingerprint density at radius 1 is 1.14 bits per heavy atom. The minimum atomic E-state index is -3.97. The van der Waals surface area contributed by atoms with Crippen molar-refractivity contribution in [1.82, 2.24) is 9.78 Å². The van der Waals surface area contributed by atoms with Crippen molar-refractivity contribution in [1.29, 1.82) is 0 Å². The van der Waals surface area contributed by atoms with E-state index in [2.05, 4.69) is 26.3 Å². The summed E-state index contributed by atoms with van der Waals surface area (Å²) in [5.41, 5.74) is 0.568. The zero-order valence-corrected chi connectivity index (χ0v) is 18.4. The molecule has 2 aromatic carbocycles. The van der Waals surface area contributed by atoms with E-state index in [0.29, 0.717) is 11.5 Å². The first kappa shape index (κ1) is 21.1. The van der Waals surface area contributed by atoms with Gasteiger partial charge in [-0.2, -0.15) is 5.10 Å². The fraction of sp³-hybridized carbons (Fsp3) is 0.200. The number of hydrogen-bond donors (Lipinski definition) is 1. The van der Waals surface area contributed by atoms with Gasteiger partial charge in [-0.15, -0.1) is 0 Å². The Kier molecular flexibility index (Phi) is 6.39. The highest BCUT2D eigenvalue weighted by atomic mass is 79.9. The summed E-state index contributed by atoms with van der Waals surface area (Å²) < 4.78 is 30.2. The third-order valence-electron chi connectivity index (χ3n) is 4.12. The molecule has 152 valence electrons. The van der Waals surface area contributed by atoms with Gasteiger partial charge in [-0.25, -0.2) is 17.4 Å². The van der Waals surface area contributed by atoms with Crippen molar-refractivity contribution in [2.24, 2.45) is 0 Å². The van der Waals surface area contributed by atoms with E-state index in [1.54, 1.807) is 47.1 Å². The highest BCUT2D eigenvalue weighted by molar-refractivity contribution is 9.10. The Morgan fingerprint density at radius 2 is 1.86 bits per heavy atom. The summed E-state index contributed by atoms with van der Waals surface area (Å²) in [5.74, 6) is -0.132. The number of carbonyl (C=O) groups excluding carboxylic acids is 1. The van der Waals surface area contributed by atoms with Crippen molar-refractivity contribution in [2.75, 3.05) is 16.2 Å². The topological polar surface area (TPSA) is 84.3 Å². The number of benzene rings is 2. The number of amides is 1. The third kappa shape index (κ3) is 4.86. The second-order valence-electron chi connectivity index (χ2n) is 6.61. The molecule has 0 atom stereocenters. The maximum atomic E-state index is 13.3. The summed E-state index contributed by atoms with van der Waals surface area (Å²) in [6.07, 6.45) is 1.52. The molecule has 0 fully saturated rings. The number of sulfonamides is 1. The second-order valence-corrected chi connectivity index (χ2v) is 9.39. The van der Waals surface area contributed by atoms with Crippen molar-refractivity contribution in [3.63, 3.8) is 0 Å². The van der Waals surface area contributed by atoms with Crippen molar-refractivity contribution < 1.29 is 13.2 Å². The van der Waals surface area contributed by atoms with Crippen LogP contribution in [0.15, 0.2) is 76.2 Å². The van der Waals surface area contributed by atoms with E-state index in [-0.39, 0.29) is 17.5 Å². The maximum Gasteiger partial charge on any atom is 0.265 e. The Hall–Kier alpha value is -2.65. The molecule has 0 bridgehead atoms. The molecule has 1 amide bonds. The molecule has 0 aliphatic carbocycles. The van der Waals surface area contributed by atoms with E-state index in [9.17, 15) is 13.2 Å². The van der Waals surface area contributed by atoms with Crippen LogP contribution in [0.25, 0.3) is 0 Å². The molecule has 1 aromatic heterocycles. The monoisotopic (exact) mass is 476 g/mol. The van der Waals surface area contributed by atoms with Gasteiger partial charge >= 0.3 is 0 Å². The third-order valence-corrected chi connectivity index (χ3v) is 6.38. The van der Waals surface area contributed by atoms with Crippen molar-refractivity contribution >= 4 is 43.4 Å². The number of nitrogens with zero attached hydrogens (tertiary/aromatic N) is 3. The molecule has 1 heterocycles. The van der Waals surface area contributed by atoms with Crippen LogP contribution in [-0.4, -0.2) is 30.7 Å². The van der Waals surface area contributed by atoms with Gasteiger partial charge in [-0.3, -0.25) is 4.79 Å². The molecular weight excluding hydrogens is 456 g/mol. The van der Waals surface area contributed by atoms with Gasteiger partial charge in [0.15, 0.2) is 0 Å². The molecule has 0 aliphatic heterocycles. The fourth-order valence-electron chi connectivity index (χ4n) is 2.81. The zero-order chi connectivity index (χ0) is 21.0. The average molecular weight is 477 g/mol. The first-order valence-corrected chi connectivity index (χ1v) is 11.2. The summed E-state index contributed by atoms with van der Waals surface area (Å²) in [5, 5.41) is 6.96. The number of halogens is 1. The normalized spacial score (nSPS) is 11.4. The minimum absolute atomic E-state index is 0.0818. The summed E-state index contributed by atoms with van der Waals surface area (Å²) in [4.78, 5) is 12.8. The van der Waals surface area contributed by atoms with E-state index in [1.807, 2.05) is 19.9 Å². The largest absolute Gasteiger partial charge is 0.324 e. The molecule has 3 aromatic rings. The molecule has 3 rings (SSSR count). The lowest BCUT2D eigenvalue weighted by Gasteiger charge is -2.25. The van der Waals surface area contributed by atoms with Crippen LogP contribution in [0.1, 0.15) is 19.9 Å². The fourth-order valence-corrected chi connectivity index (χ4v) is 4.64. The van der Waals surface area contributed by atoms with Crippen LogP contribution in [0.3, 0.4) is 0 Å². The number of aromatic nitrogens is 2. The average Bonchev–Trinajstić information content (AvgIpc) is 3.16. The van der Waals surface area contributed by atoms with Gasteiger partial charge < -0.3 is 5.32 Å². The summed E-state index contributed by atoms with van der Waals surface area (Å²) in [6, 6.07) is 16.6. The minimum Gasteiger partial charge on any atom is -0.324 e. The van der Waals surface area contributed by atoms with Gasteiger partial charge in [0.2, 0.25) is 5.91 Å². The highest BCUT2D eigenvalue weighted by Crippen LogP contribution is 2.26. The van der Waals surface area contributed by atoms with Crippen molar-refractivity contribution in [3.05, 3.63) is 71.3 Å². The molecule has 29 heavy (non-hydrogen) atoms. The predicted octanol–water partition coefficient (Wildman–Crippen LogP) is 4.06. The molecule has 1 N–H and O–H groups in total. The van der Waals surface area contributed by atoms with Crippen LogP contribution in [0.4, 0.5) is 11.5 Å². The number of nitrogens with one attached hydrogen (secondary N) is 1. The molecule has 0 unspecified atom stereocenters. The van der Waals surface area contributed by atoms with Crippen LogP contribution in [0.2, 0.25) is 0 Å². The summed E-state index contributed by atoms with van der Waals surface area (Å²) in [6.45, 7) is 3.40. The van der Waals surface area contributed by atoms with E-state index >= 15 is 0 Å². The summed E-state index contributed by atoms with van der Waals surface area (Å²) >= 11 is 3.35. The lowest BCUT2D eigenvalue weighted by atomic mass is 10.3. The number of carbonyl (C=O) groups is 1. The number of anilines is 2. The Labute approximate surface area is 178 Å². The first-order valence-electron chi connectivity index (χ1n) is 8.96. The van der Waals surface area contributed by atoms with Gasteiger partial charge in [-0.05, 0) is 44.2 Å².